The Hall–Kier alpha value is -2.24. The summed E-state index contributed by atoms with van der Waals surface area (Å²) in [6, 6.07) is 1.62. The van der Waals surface area contributed by atoms with Crippen molar-refractivity contribution in [3.63, 3.8) is 0 Å². The highest BCUT2D eigenvalue weighted by Gasteiger charge is 2.30. The number of rotatable bonds is 3. The van der Waals surface area contributed by atoms with Crippen LogP contribution < -0.4 is 19.5 Å². The molecular weight excluding hydrogens is 238 g/mol. The average molecular weight is 251 g/mol. The highest BCUT2D eigenvalue weighted by Crippen LogP contribution is 2.42. The second kappa shape index (κ2) is 4.56. The predicted molar refractivity (Wildman–Crippen MR) is 62.3 cm³/mol. The van der Waals surface area contributed by atoms with Crippen molar-refractivity contribution >= 4 is 11.8 Å². The third kappa shape index (κ3) is 1.75. The zero-order valence-electron chi connectivity index (χ0n) is 10.3. The largest absolute Gasteiger partial charge is 0.493 e. The minimum Gasteiger partial charge on any atom is -0.493 e. The van der Waals surface area contributed by atoms with Gasteiger partial charge in [-0.25, -0.2) is 0 Å². The first-order valence-electron chi connectivity index (χ1n) is 5.28. The van der Waals surface area contributed by atoms with Gasteiger partial charge in [0.1, 0.15) is 0 Å². The molecule has 6 heteroatoms. The quantitative estimate of drug-likeness (QED) is 0.793. The fraction of sp³-hybridized carbons (Fsp3) is 0.333. The molecule has 0 saturated heterocycles. The number of carbonyl (C=O) groups is 2. The zero-order valence-corrected chi connectivity index (χ0v) is 10.3. The van der Waals surface area contributed by atoms with Crippen molar-refractivity contribution in [3.05, 3.63) is 17.2 Å². The van der Waals surface area contributed by atoms with Gasteiger partial charge in [-0.2, -0.15) is 0 Å². The second-order valence-electron chi connectivity index (χ2n) is 3.73. The lowest BCUT2D eigenvalue weighted by Gasteiger charge is -2.21. The van der Waals surface area contributed by atoms with Gasteiger partial charge in [0.25, 0.3) is 5.91 Å². The van der Waals surface area contributed by atoms with E-state index in [1.165, 1.54) is 21.3 Å². The van der Waals surface area contributed by atoms with Gasteiger partial charge in [0, 0.05) is 0 Å². The fourth-order valence-corrected chi connectivity index (χ4v) is 2.00. The molecule has 18 heavy (non-hydrogen) atoms. The van der Waals surface area contributed by atoms with Gasteiger partial charge in [-0.15, -0.1) is 0 Å². The number of imide groups is 1. The Kier molecular flexibility index (Phi) is 3.10. The maximum atomic E-state index is 11.8. The van der Waals surface area contributed by atoms with Crippen molar-refractivity contribution in [1.29, 1.82) is 0 Å². The molecule has 0 aliphatic carbocycles. The van der Waals surface area contributed by atoms with Gasteiger partial charge in [-0.05, 0) is 11.6 Å². The van der Waals surface area contributed by atoms with Crippen LogP contribution in [0.2, 0.25) is 0 Å². The van der Waals surface area contributed by atoms with Crippen LogP contribution in [-0.4, -0.2) is 33.1 Å². The first-order valence-corrected chi connectivity index (χ1v) is 5.28. The number of hydrogen-bond donors (Lipinski definition) is 1. The summed E-state index contributed by atoms with van der Waals surface area (Å²) in [4.78, 5) is 23.2. The molecule has 0 atom stereocenters. The summed E-state index contributed by atoms with van der Waals surface area (Å²) in [5, 5.41) is 2.24. The van der Waals surface area contributed by atoms with Crippen LogP contribution in [0.3, 0.4) is 0 Å². The third-order valence-electron chi connectivity index (χ3n) is 2.74. The number of hydrogen-bond acceptors (Lipinski definition) is 5. The normalized spacial score (nSPS) is 13.7. The SMILES string of the molecule is COc1cc2c(c(OC)c1OC)C(=O)NC(=O)C2. The first-order chi connectivity index (χ1) is 8.62. The van der Waals surface area contributed by atoms with E-state index in [0.29, 0.717) is 22.6 Å². The number of nitrogens with one attached hydrogen (secondary N) is 1. The van der Waals surface area contributed by atoms with Gasteiger partial charge < -0.3 is 14.2 Å². The van der Waals surface area contributed by atoms with Crippen molar-refractivity contribution in [2.24, 2.45) is 0 Å². The van der Waals surface area contributed by atoms with Crippen LogP contribution in [-0.2, 0) is 11.2 Å². The van der Waals surface area contributed by atoms with Crippen LogP contribution in [0.25, 0.3) is 0 Å². The molecule has 1 aliphatic heterocycles. The number of fused-ring (bicyclic) bond motifs is 1. The van der Waals surface area contributed by atoms with Crippen LogP contribution in [0.5, 0.6) is 17.2 Å². The van der Waals surface area contributed by atoms with Crippen molar-refractivity contribution in [2.45, 2.75) is 6.42 Å². The van der Waals surface area contributed by atoms with Crippen molar-refractivity contribution in [1.82, 2.24) is 5.32 Å². The molecule has 1 aliphatic rings. The lowest BCUT2D eigenvalue weighted by atomic mass is 9.97. The van der Waals surface area contributed by atoms with Crippen LogP contribution in [0.15, 0.2) is 6.07 Å². The summed E-state index contributed by atoms with van der Waals surface area (Å²) in [5.74, 6) is 0.205. The van der Waals surface area contributed by atoms with E-state index in [9.17, 15) is 9.59 Å². The Morgan fingerprint density at radius 1 is 1.06 bits per heavy atom. The van der Waals surface area contributed by atoms with Gasteiger partial charge in [-0.3, -0.25) is 14.9 Å². The Bertz CT molecular complexity index is 524. The highest BCUT2D eigenvalue weighted by molar-refractivity contribution is 6.12. The Labute approximate surface area is 104 Å². The number of ether oxygens (including phenoxy) is 3. The van der Waals surface area contributed by atoms with Crippen molar-refractivity contribution < 1.29 is 23.8 Å². The zero-order chi connectivity index (χ0) is 13.3. The monoisotopic (exact) mass is 251 g/mol. The van der Waals surface area contributed by atoms with E-state index in [0.717, 1.165) is 0 Å². The summed E-state index contributed by atoms with van der Waals surface area (Å²) < 4.78 is 15.6. The molecule has 96 valence electrons. The van der Waals surface area contributed by atoms with Crippen LogP contribution in [0.1, 0.15) is 15.9 Å². The molecule has 0 spiro atoms. The van der Waals surface area contributed by atoms with Crippen molar-refractivity contribution in [3.8, 4) is 17.2 Å². The lowest BCUT2D eigenvalue weighted by molar-refractivity contribution is -0.119. The second-order valence-corrected chi connectivity index (χ2v) is 3.73. The topological polar surface area (TPSA) is 73.9 Å². The summed E-state index contributed by atoms with van der Waals surface area (Å²) >= 11 is 0. The Balaban J connectivity index is 2.72. The number of methoxy groups -OCH3 is 3. The Morgan fingerprint density at radius 2 is 1.72 bits per heavy atom. The summed E-state index contributed by atoms with van der Waals surface area (Å²) in [5.41, 5.74) is 0.882. The average Bonchev–Trinajstić information content (AvgIpc) is 2.35. The Morgan fingerprint density at radius 3 is 2.28 bits per heavy atom. The van der Waals surface area contributed by atoms with Crippen LogP contribution >= 0.6 is 0 Å². The molecule has 0 radical (unpaired) electrons. The molecule has 0 saturated carbocycles. The summed E-state index contributed by atoms with van der Waals surface area (Å²) in [6.45, 7) is 0. The van der Waals surface area contributed by atoms with Gasteiger partial charge in [0.2, 0.25) is 11.7 Å². The van der Waals surface area contributed by atoms with E-state index >= 15 is 0 Å². The predicted octanol–water partition coefficient (Wildman–Crippen LogP) is 0.525. The molecule has 0 bridgehead atoms. The molecule has 1 N–H and O–H groups in total. The molecule has 0 unspecified atom stereocenters. The third-order valence-corrected chi connectivity index (χ3v) is 2.74. The maximum absolute atomic E-state index is 11.8. The minimum atomic E-state index is -0.487. The maximum Gasteiger partial charge on any atom is 0.262 e. The standard InChI is InChI=1S/C12H13NO5/c1-16-7-4-6-5-8(14)13-12(15)9(6)11(18-3)10(7)17-2/h4H,5H2,1-3H3,(H,13,14,15). The summed E-state index contributed by atoms with van der Waals surface area (Å²) in [6.07, 6.45) is 0.109. The molecule has 1 aromatic carbocycles. The van der Waals surface area contributed by atoms with Gasteiger partial charge in [0.05, 0.1) is 33.3 Å². The molecule has 1 aromatic rings. The van der Waals surface area contributed by atoms with Crippen molar-refractivity contribution in [2.75, 3.05) is 21.3 Å². The van der Waals surface area contributed by atoms with E-state index in [2.05, 4.69) is 5.32 Å². The molecule has 1 heterocycles. The van der Waals surface area contributed by atoms with Crippen LogP contribution in [0.4, 0.5) is 0 Å². The van der Waals surface area contributed by atoms with Gasteiger partial charge in [0.15, 0.2) is 11.5 Å². The molecule has 2 rings (SSSR count). The fourth-order valence-electron chi connectivity index (χ4n) is 2.00. The lowest BCUT2D eigenvalue weighted by Crippen LogP contribution is -2.37. The van der Waals surface area contributed by atoms with E-state index in [1.54, 1.807) is 6.07 Å². The minimum absolute atomic E-state index is 0.109. The van der Waals surface area contributed by atoms with Crippen LogP contribution in [0, 0.1) is 0 Å². The number of benzene rings is 1. The first kappa shape index (κ1) is 12.2. The smallest absolute Gasteiger partial charge is 0.262 e. The van der Waals surface area contributed by atoms with E-state index in [1.807, 2.05) is 0 Å². The van der Waals surface area contributed by atoms with E-state index in [4.69, 9.17) is 14.2 Å². The van der Waals surface area contributed by atoms with E-state index < -0.39 is 5.91 Å². The number of amides is 2. The molecule has 0 fully saturated rings. The number of carbonyl (C=O) groups excluding carboxylic acids is 2. The molecule has 2 amide bonds. The molecule has 6 nitrogen and oxygen atoms in total. The summed E-state index contributed by atoms with van der Waals surface area (Å²) in [7, 11) is 4.37. The van der Waals surface area contributed by atoms with Gasteiger partial charge >= 0.3 is 0 Å². The molecule has 0 aromatic heterocycles. The van der Waals surface area contributed by atoms with Gasteiger partial charge in [-0.1, -0.05) is 0 Å². The van der Waals surface area contributed by atoms with E-state index in [-0.39, 0.29) is 18.1 Å². The molecular formula is C12H13NO5. The highest BCUT2D eigenvalue weighted by atomic mass is 16.5.